The average molecular weight is 344 g/mol. The van der Waals surface area contributed by atoms with Crippen LogP contribution >= 0.6 is 0 Å². The molecule has 1 aromatic heterocycles. The third-order valence-corrected chi connectivity index (χ3v) is 3.52. The summed E-state index contributed by atoms with van der Waals surface area (Å²) in [6.45, 7) is 0.395. The van der Waals surface area contributed by atoms with Gasteiger partial charge in [-0.05, 0) is 48.0 Å². The zero-order chi connectivity index (χ0) is 18.2. The minimum Gasteiger partial charge on any atom is -0.456 e. The smallest absolute Gasteiger partial charge is 0.319 e. The number of anilines is 1. The molecule has 6 heteroatoms. The van der Waals surface area contributed by atoms with Crippen LogP contribution in [0.4, 0.5) is 10.5 Å². The first kappa shape index (κ1) is 17.0. The van der Waals surface area contributed by atoms with Gasteiger partial charge in [-0.15, -0.1) is 0 Å². The second-order valence-electron chi connectivity index (χ2n) is 5.40. The minimum atomic E-state index is -0.308. The number of aromatic nitrogens is 1. The molecule has 0 aliphatic rings. The van der Waals surface area contributed by atoms with E-state index in [9.17, 15) is 4.79 Å². The topological polar surface area (TPSA) is 87.0 Å². The average Bonchev–Trinajstić information content (AvgIpc) is 2.69. The van der Waals surface area contributed by atoms with Crippen LogP contribution < -0.4 is 15.4 Å². The lowest BCUT2D eigenvalue weighted by atomic mass is 10.2. The maximum absolute atomic E-state index is 11.9. The molecule has 128 valence electrons. The molecule has 0 aliphatic carbocycles. The number of benzene rings is 2. The number of nitriles is 1. The molecule has 0 aliphatic heterocycles. The van der Waals surface area contributed by atoms with E-state index in [0.717, 1.165) is 5.56 Å². The number of nitrogens with zero attached hydrogens (tertiary/aromatic N) is 2. The molecule has 0 bridgehead atoms. The predicted octanol–water partition coefficient (Wildman–Crippen LogP) is 4.07. The first-order valence-electron chi connectivity index (χ1n) is 7.95. The number of carbonyl (C=O) groups is 1. The Morgan fingerprint density at radius 1 is 1.08 bits per heavy atom. The normalized spacial score (nSPS) is 9.81. The molecule has 2 aromatic carbocycles. The highest BCUT2D eigenvalue weighted by Crippen LogP contribution is 2.25. The summed E-state index contributed by atoms with van der Waals surface area (Å²) in [7, 11) is 0. The van der Waals surface area contributed by atoms with Crippen LogP contribution in [0.1, 0.15) is 11.1 Å². The maximum Gasteiger partial charge on any atom is 0.319 e. The first-order chi connectivity index (χ1) is 12.7. The number of pyridine rings is 1. The van der Waals surface area contributed by atoms with E-state index in [-0.39, 0.29) is 6.03 Å². The van der Waals surface area contributed by atoms with Crippen molar-refractivity contribution in [2.45, 2.75) is 6.54 Å². The Morgan fingerprint density at radius 3 is 2.62 bits per heavy atom. The Morgan fingerprint density at radius 2 is 1.88 bits per heavy atom. The van der Waals surface area contributed by atoms with Crippen LogP contribution in [0.2, 0.25) is 0 Å². The SMILES string of the molecule is N#Cc1ccccc1Oc1ccc(NC(=O)NCc2cccnc2)cc1. The van der Waals surface area contributed by atoms with Crippen LogP contribution in [-0.2, 0) is 6.54 Å². The molecule has 0 fully saturated rings. The van der Waals surface area contributed by atoms with Crippen molar-refractivity contribution in [3.8, 4) is 17.6 Å². The molecule has 0 spiro atoms. The number of urea groups is 1. The number of hydrogen-bond donors (Lipinski definition) is 2. The summed E-state index contributed by atoms with van der Waals surface area (Å²) in [4.78, 5) is 15.9. The van der Waals surface area contributed by atoms with Gasteiger partial charge in [0, 0.05) is 24.6 Å². The van der Waals surface area contributed by atoms with Crippen molar-refractivity contribution < 1.29 is 9.53 Å². The number of amides is 2. The Labute approximate surface area is 151 Å². The van der Waals surface area contributed by atoms with Crippen molar-refractivity contribution >= 4 is 11.7 Å². The highest BCUT2D eigenvalue weighted by molar-refractivity contribution is 5.89. The van der Waals surface area contributed by atoms with Gasteiger partial charge in [0.15, 0.2) is 0 Å². The molecule has 3 aromatic rings. The lowest BCUT2D eigenvalue weighted by molar-refractivity contribution is 0.251. The van der Waals surface area contributed by atoms with Gasteiger partial charge in [0.1, 0.15) is 17.6 Å². The van der Waals surface area contributed by atoms with Gasteiger partial charge in [-0.1, -0.05) is 18.2 Å². The number of ether oxygens (including phenoxy) is 1. The van der Waals surface area contributed by atoms with E-state index in [4.69, 9.17) is 10.00 Å². The number of nitrogens with one attached hydrogen (secondary N) is 2. The van der Waals surface area contributed by atoms with Crippen molar-refractivity contribution in [3.63, 3.8) is 0 Å². The summed E-state index contributed by atoms with van der Waals surface area (Å²) in [5.41, 5.74) is 2.02. The second kappa shape index (κ2) is 8.31. The van der Waals surface area contributed by atoms with Crippen LogP contribution in [0.3, 0.4) is 0 Å². The highest BCUT2D eigenvalue weighted by Gasteiger charge is 2.05. The molecule has 0 saturated heterocycles. The van der Waals surface area contributed by atoms with Crippen LogP contribution in [0.5, 0.6) is 11.5 Å². The van der Waals surface area contributed by atoms with Gasteiger partial charge in [0.05, 0.1) is 5.56 Å². The van der Waals surface area contributed by atoms with Crippen LogP contribution in [0, 0.1) is 11.3 Å². The number of carbonyl (C=O) groups excluding carboxylic acids is 1. The third-order valence-electron chi connectivity index (χ3n) is 3.52. The fraction of sp³-hybridized carbons (Fsp3) is 0.0500. The van der Waals surface area contributed by atoms with Crippen molar-refractivity contribution in [2.75, 3.05) is 5.32 Å². The van der Waals surface area contributed by atoms with E-state index < -0.39 is 0 Å². The van der Waals surface area contributed by atoms with Gasteiger partial charge in [0.2, 0.25) is 0 Å². The summed E-state index contributed by atoms with van der Waals surface area (Å²) in [5, 5.41) is 14.6. The summed E-state index contributed by atoms with van der Waals surface area (Å²) >= 11 is 0. The molecular weight excluding hydrogens is 328 g/mol. The van der Waals surface area contributed by atoms with E-state index in [1.54, 1.807) is 60.9 Å². The van der Waals surface area contributed by atoms with Crippen molar-refractivity contribution in [1.82, 2.24) is 10.3 Å². The van der Waals surface area contributed by atoms with E-state index >= 15 is 0 Å². The third kappa shape index (κ3) is 4.58. The van der Waals surface area contributed by atoms with Gasteiger partial charge >= 0.3 is 6.03 Å². The van der Waals surface area contributed by atoms with Crippen molar-refractivity contribution in [1.29, 1.82) is 5.26 Å². The summed E-state index contributed by atoms with van der Waals surface area (Å²) < 4.78 is 5.71. The molecule has 2 N–H and O–H groups in total. The predicted molar refractivity (Wildman–Crippen MR) is 97.8 cm³/mol. The van der Waals surface area contributed by atoms with Gasteiger partial charge in [-0.2, -0.15) is 5.26 Å². The van der Waals surface area contributed by atoms with Crippen LogP contribution in [0.25, 0.3) is 0 Å². The Balaban J connectivity index is 1.56. The van der Waals surface area contributed by atoms with Crippen molar-refractivity contribution in [3.05, 3.63) is 84.2 Å². The summed E-state index contributed by atoms with van der Waals surface area (Å²) in [5.74, 6) is 1.07. The molecule has 2 amide bonds. The fourth-order valence-corrected chi connectivity index (χ4v) is 2.24. The lowest BCUT2D eigenvalue weighted by Gasteiger charge is -2.10. The minimum absolute atomic E-state index is 0.308. The monoisotopic (exact) mass is 344 g/mol. The Bertz CT molecular complexity index is 919. The van der Waals surface area contributed by atoms with Crippen LogP contribution in [0.15, 0.2) is 73.1 Å². The quantitative estimate of drug-likeness (QED) is 0.730. The van der Waals surface area contributed by atoms with Gasteiger partial charge in [-0.3, -0.25) is 4.98 Å². The molecule has 1 heterocycles. The van der Waals surface area contributed by atoms with Gasteiger partial charge in [0.25, 0.3) is 0 Å². The Kier molecular flexibility index (Phi) is 5.43. The lowest BCUT2D eigenvalue weighted by Crippen LogP contribution is -2.28. The molecule has 3 rings (SSSR count). The van der Waals surface area contributed by atoms with E-state index in [0.29, 0.717) is 29.3 Å². The molecule has 0 radical (unpaired) electrons. The van der Waals surface area contributed by atoms with Gasteiger partial charge < -0.3 is 15.4 Å². The Hall–Kier alpha value is -3.85. The highest BCUT2D eigenvalue weighted by atomic mass is 16.5. The summed E-state index contributed by atoms with van der Waals surface area (Å²) in [6.07, 6.45) is 3.38. The molecule has 26 heavy (non-hydrogen) atoms. The van der Waals surface area contributed by atoms with Gasteiger partial charge in [-0.25, -0.2) is 4.79 Å². The number of rotatable bonds is 5. The molecule has 0 atom stereocenters. The molecule has 0 unspecified atom stereocenters. The van der Waals surface area contributed by atoms with Crippen LogP contribution in [-0.4, -0.2) is 11.0 Å². The molecule has 6 nitrogen and oxygen atoms in total. The largest absolute Gasteiger partial charge is 0.456 e. The molecule has 0 saturated carbocycles. The fourth-order valence-electron chi connectivity index (χ4n) is 2.24. The van der Waals surface area contributed by atoms with E-state index in [2.05, 4.69) is 21.7 Å². The zero-order valence-electron chi connectivity index (χ0n) is 13.8. The maximum atomic E-state index is 11.9. The number of hydrogen-bond acceptors (Lipinski definition) is 4. The van der Waals surface area contributed by atoms with E-state index in [1.807, 2.05) is 12.1 Å². The standard InChI is InChI=1S/C20H16N4O2/c21-12-16-5-1-2-6-19(16)26-18-9-7-17(8-10-18)24-20(25)23-14-15-4-3-11-22-13-15/h1-11,13H,14H2,(H2,23,24,25). The van der Waals surface area contributed by atoms with E-state index in [1.165, 1.54) is 0 Å². The first-order valence-corrected chi connectivity index (χ1v) is 7.95. The molecular formula is C20H16N4O2. The second-order valence-corrected chi connectivity index (χ2v) is 5.40. The van der Waals surface area contributed by atoms with Crippen molar-refractivity contribution in [2.24, 2.45) is 0 Å². The zero-order valence-corrected chi connectivity index (χ0v) is 13.8. The number of para-hydroxylation sites is 1. The summed E-state index contributed by atoms with van der Waals surface area (Å²) in [6, 6.07) is 19.4.